The lowest BCUT2D eigenvalue weighted by Gasteiger charge is -2.11. The Bertz CT molecular complexity index is 592. The number of nitrogens with two attached hydrogens (primary N) is 1. The minimum atomic E-state index is -0.300. The highest BCUT2D eigenvalue weighted by molar-refractivity contribution is 9.10. The lowest BCUT2D eigenvalue weighted by Crippen LogP contribution is -2.05. The van der Waals surface area contributed by atoms with Crippen LogP contribution in [0, 0.1) is 5.82 Å². The van der Waals surface area contributed by atoms with Gasteiger partial charge in [-0.3, -0.25) is 0 Å². The summed E-state index contributed by atoms with van der Waals surface area (Å²) in [6, 6.07) is 9.85. The van der Waals surface area contributed by atoms with E-state index in [2.05, 4.69) is 15.9 Å². The van der Waals surface area contributed by atoms with Gasteiger partial charge in [0, 0.05) is 11.0 Å². The molecule has 0 aromatic heterocycles. The standard InChI is InChI=1S/C14H12BrClFNO/c15-11-2-4-14(13(16)6-11)19-8-9-1-3-12(17)5-10(9)7-18/h1-6H,7-8,18H2. The summed E-state index contributed by atoms with van der Waals surface area (Å²) in [6.07, 6.45) is 0. The van der Waals surface area contributed by atoms with Crippen molar-refractivity contribution >= 4 is 27.5 Å². The zero-order valence-corrected chi connectivity index (χ0v) is 12.3. The van der Waals surface area contributed by atoms with Gasteiger partial charge in [-0.1, -0.05) is 33.6 Å². The third-order valence-corrected chi connectivity index (χ3v) is 3.45. The highest BCUT2D eigenvalue weighted by Gasteiger charge is 2.06. The van der Waals surface area contributed by atoms with Crippen LogP contribution in [-0.2, 0) is 13.2 Å². The molecule has 2 aromatic rings. The molecular formula is C14H12BrClFNO. The maximum Gasteiger partial charge on any atom is 0.138 e. The second-order valence-corrected chi connectivity index (χ2v) is 5.30. The van der Waals surface area contributed by atoms with Crippen molar-refractivity contribution in [2.75, 3.05) is 0 Å². The molecule has 100 valence electrons. The van der Waals surface area contributed by atoms with E-state index in [1.54, 1.807) is 18.2 Å². The number of ether oxygens (including phenoxy) is 1. The molecule has 2 aromatic carbocycles. The van der Waals surface area contributed by atoms with E-state index in [0.29, 0.717) is 17.4 Å². The van der Waals surface area contributed by atoms with Crippen LogP contribution >= 0.6 is 27.5 Å². The molecule has 0 aliphatic heterocycles. The predicted octanol–water partition coefficient (Wildman–Crippen LogP) is 4.28. The van der Waals surface area contributed by atoms with Gasteiger partial charge in [-0.15, -0.1) is 0 Å². The molecule has 0 amide bonds. The Hall–Kier alpha value is -1.10. The highest BCUT2D eigenvalue weighted by atomic mass is 79.9. The zero-order valence-electron chi connectivity index (χ0n) is 10.00. The van der Waals surface area contributed by atoms with E-state index >= 15 is 0 Å². The molecule has 0 aliphatic rings. The van der Waals surface area contributed by atoms with Crippen molar-refractivity contribution in [1.29, 1.82) is 0 Å². The first-order chi connectivity index (χ1) is 9.10. The van der Waals surface area contributed by atoms with Gasteiger partial charge in [-0.25, -0.2) is 4.39 Å². The Morgan fingerprint density at radius 2 is 1.95 bits per heavy atom. The van der Waals surface area contributed by atoms with Crippen molar-refractivity contribution < 1.29 is 9.13 Å². The molecule has 0 aliphatic carbocycles. The Morgan fingerprint density at radius 3 is 2.63 bits per heavy atom. The van der Waals surface area contributed by atoms with E-state index in [-0.39, 0.29) is 12.4 Å². The number of hydrogen-bond donors (Lipinski definition) is 1. The molecule has 0 spiro atoms. The summed E-state index contributed by atoms with van der Waals surface area (Å²) >= 11 is 9.38. The van der Waals surface area contributed by atoms with Gasteiger partial charge in [0.15, 0.2) is 0 Å². The van der Waals surface area contributed by atoms with E-state index in [4.69, 9.17) is 22.1 Å². The molecule has 2 nitrogen and oxygen atoms in total. The Morgan fingerprint density at radius 1 is 1.16 bits per heavy atom. The van der Waals surface area contributed by atoms with Crippen LogP contribution in [0.1, 0.15) is 11.1 Å². The van der Waals surface area contributed by atoms with E-state index in [9.17, 15) is 4.39 Å². The van der Waals surface area contributed by atoms with Crippen molar-refractivity contribution in [2.24, 2.45) is 5.73 Å². The van der Waals surface area contributed by atoms with Gasteiger partial charge in [0.05, 0.1) is 5.02 Å². The molecule has 0 atom stereocenters. The van der Waals surface area contributed by atoms with E-state index in [1.807, 2.05) is 6.07 Å². The number of hydrogen-bond acceptors (Lipinski definition) is 2. The van der Waals surface area contributed by atoms with E-state index in [1.165, 1.54) is 12.1 Å². The van der Waals surface area contributed by atoms with Crippen molar-refractivity contribution in [1.82, 2.24) is 0 Å². The maximum absolute atomic E-state index is 13.1. The number of halogens is 3. The van der Waals surface area contributed by atoms with Crippen LogP contribution in [0.4, 0.5) is 4.39 Å². The summed E-state index contributed by atoms with van der Waals surface area (Å²) in [5.41, 5.74) is 7.16. The zero-order chi connectivity index (χ0) is 13.8. The molecule has 0 saturated carbocycles. The van der Waals surface area contributed by atoms with Crippen LogP contribution < -0.4 is 10.5 Å². The summed E-state index contributed by atoms with van der Waals surface area (Å²) in [5, 5.41) is 0.519. The third-order valence-electron chi connectivity index (χ3n) is 2.67. The van der Waals surface area contributed by atoms with Gasteiger partial charge in [0.2, 0.25) is 0 Å². The molecule has 5 heteroatoms. The van der Waals surface area contributed by atoms with Crippen molar-refractivity contribution in [3.05, 3.63) is 62.8 Å². The SMILES string of the molecule is NCc1cc(F)ccc1COc1ccc(Br)cc1Cl. The smallest absolute Gasteiger partial charge is 0.138 e. The van der Waals surface area contributed by atoms with Crippen LogP contribution in [0.25, 0.3) is 0 Å². The van der Waals surface area contributed by atoms with Gasteiger partial charge in [0.25, 0.3) is 0 Å². The minimum absolute atomic E-state index is 0.268. The van der Waals surface area contributed by atoms with Gasteiger partial charge >= 0.3 is 0 Å². The Balaban J connectivity index is 2.14. The molecule has 19 heavy (non-hydrogen) atoms. The first kappa shape index (κ1) is 14.3. The first-order valence-corrected chi connectivity index (χ1v) is 6.82. The van der Waals surface area contributed by atoms with Crippen LogP contribution in [0.3, 0.4) is 0 Å². The second-order valence-electron chi connectivity index (χ2n) is 3.98. The minimum Gasteiger partial charge on any atom is -0.487 e. The molecular weight excluding hydrogens is 333 g/mol. The second kappa shape index (κ2) is 6.37. The topological polar surface area (TPSA) is 35.2 Å². The molecule has 0 unspecified atom stereocenters. The van der Waals surface area contributed by atoms with E-state index in [0.717, 1.165) is 15.6 Å². The fraction of sp³-hybridized carbons (Fsp3) is 0.143. The van der Waals surface area contributed by atoms with Crippen molar-refractivity contribution in [3.63, 3.8) is 0 Å². The molecule has 0 bridgehead atoms. The molecule has 0 saturated heterocycles. The van der Waals surface area contributed by atoms with Gasteiger partial charge in [0.1, 0.15) is 18.2 Å². The lowest BCUT2D eigenvalue weighted by molar-refractivity contribution is 0.305. The summed E-state index contributed by atoms with van der Waals surface area (Å²) < 4.78 is 19.6. The summed E-state index contributed by atoms with van der Waals surface area (Å²) in [5.74, 6) is 0.281. The number of rotatable bonds is 4. The average Bonchev–Trinajstić information content (AvgIpc) is 2.39. The van der Waals surface area contributed by atoms with Gasteiger partial charge in [-0.05, 0) is 41.5 Å². The van der Waals surface area contributed by atoms with Gasteiger partial charge < -0.3 is 10.5 Å². The van der Waals surface area contributed by atoms with Crippen LogP contribution in [0.2, 0.25) is 5.02 Å². The van der Waals surface area contributed by atoms with E-state index < -0.39 is 0 Å². The summed E-state index contributed by atoms with van der Waals surface area (Å²) in [7, 11) is 0. The third kappa shape index (κ3) is 3.69. The fourth-order valence-electron chi connectivity index (χ4n) is 1.67. The Labute approximate surface area is 124 Å². The highest BCUT2D eigenvalue weighted by Crippen LogP contribution is 2.28. The fourth-order valence-corrected chi connectivity index (χ4v) is 2.40. The molecule has 2 rings (SSSR count). The van der Waals surface area contributed by atoms with Crippen molar-refractivity contribution in [2.45, 2.75) is 13.2 Å². The molecule has 2 N–H and O–H groups in total. The average molecular weight is 345 g/mol. The predicted molar refractivity (Wildman–Crippen MR) is 77.8 cm³/mol. The maximum atomic E-state index is 13.1. The quantitative estimate of drug-likeness (QED) is 0.898. The van der Waals surface area contributed by atoms with Crippen LogP contribution in [0.5, 0.6) is 5.75 Å². The molecule has 0 heterocycles. The molecule has 0 fully saturated rings. The monoisotopic (exact) mass is 343 g/mol. The largest absolute Gasteiger partial charge is 0.487 e. The normalized spacial score (nSPS) is 10.5. The Kier molecular flexibility index (Phi) is 4.80. The van der Waals surface area contributed by atoms with Gasteiger partial charge in [-0.2, -0.15) is 0 Å². The lowest BCUT2D eigenvalue weighted by atomic mass is 10.1. The first-order valence-electron chi connectivity index (χ1n) is 5.65. The van der Waals surface area contributed by atoms with Crippen LogP contribution in [-0.4, -0.2) is 0 Å². The summed E-state index contributed by atoms with van der Waals surface area (Å²) in [6.45, 7) is 0.568. The summed E-state index contributed by atoms with van der Waals surface area (Å²) in [4.78, 5) is 0. The van der Waals surface area contributed by atoms with Crippen LogP contribution in [0.15, 0.2) is 40.9 Å². The molecule has 0 radical (unpaired) electrons. The van der Waals surface area contributed by atoms with Crippen molar-refractivity contribution in [3.8, 4) is 5.75 Å². The number of benzene rings is 2.